The first-order chi connectivity index (χ1) is 11.4. The summed E-state index contributed by atoms with van der Waals surface area (Å²) in [6.07, 6.45) is 1.42. The van der Waals surface area contributed by atoms with Gasteiger partial charge in [0.1, 0.15) is 5.69 Å². The molecule has 0 unspecified atom stereocenters. The second-order valence-electron chi connectivity index (χ2n) is 5.54. The number of hydrogen-bond donors (Lipinski definition) is 1. The van der Waals surface area contributed by atoms with Crippen LogP contribution in [0.25, 0.3) is 0 Å². The summed E-state index contributed by atoms with van der Waals surface area (Å²) in [5, 5.41) is 2.44. The molecule has 0 saturated heterocycles. The lowest BCUT2D eigenvalue weighted by Crippen LogP contribution is -2.14. The van der Waals surface area contributed by atoms with Gasteiger partial charge in [0, 0.05) is 11.9 Å². The van der Waals surface area contributed by atoms with Crippen molar-refractivity contribution in [3.8, 4) is 0 Å². The minimum atomic E-state index is -4.45. The van der Waals surface area contributed by atoms with Gasteiger partial charge in [0.15, 0.2) is 0 Å². The molecule has 0 aliphatic carbocycles. The minimum absolute atomic E-state index is 0. The highest BCUT2D eigenvalue weighted by molar-refractivity contribution is 6.02. The molecule has 0 atom stereocenters. The Morgan fingerprint density at radius 3 is 2.52 bits per heavy atom. The molecular weight excluding hydrogens is 353 g/mol. The first kappa shape index (κ1) is 21.0. The fraction of sp³-hybridized carbons (Fsp3) is 0.333. The molecular formula is C18H20ClF3N2O. The Morgan fingerprint density at radius 1 is 1.16 bits per heavy atom. The van der Waals surface area contributed by atoms with Crippen molar-refractivity contribution in [1.82, 2.24) is 4.98 Å². The first-order valence-electron chi connectivity index (χ1n) is 7.83. The topological polar surface area (TPSA) is 42.0 Å². The number of unbranched alkanes of at least 4 members (excludes halogenated alkanes) is 2. The Bertz CT molecular complexity index is 687. The second kappa shape index (κ2) is 9.42. The van der Waals surface area contributed by atoms with E-state index < -0.39 is 17.6 Å². The number of carbonyl (C=O) groups is 1. The normalized spacial score (nSPS) is 10.9. The maximum absolute atomic E-state index is 12.7. The number of aromatic nitrogens is 1. The molecule has 7 heteroatoms. The van der Waals surface area contributed by atoms with E-state index in [1.807, 2.05) is 6.07 Å². The molecule has 1 aromatic heterocycles. The number of aryl methyl sites for hydroxylation is 1. The molecule has 2 aromatic rings. The van der Waals surface area contributed by atoms with E-state index in [0.29, 0.717) is 0 Å². The summed E-state index contributed by atoms with van der Waals surface area (Å²) in [4.78, 5) is 16.2. The van der Waals surface area contributed by atoms with Crippen LogP contribution in [-0.4, -0.2) is 10.9 Å². The molecule has 0 spiro atoms. The number of benzene rings is 1. The highest BCUT2D eigenvalue weighted by Gasteiger charge is 2.30. The van der Waals surface area contributed by atoms with E-state index in [9.17, 15) is 18.0 Å². The van der Waals surface area contributed by atoms with Crippen molar-refractivity contribution in [3.63, 3.8) is 0 Å². The molecule has 25 heavy (non-hydrogen) atoms. The van der Waals surface area contributed by atoms with Crippen LogP contribution in [0.4, 0.5) is 18.9 Å². The summed E-state index contributed by atoms with van der Waals surface area (Å²) in [5.41, 5.74) is 0.494. The summed E-state index contributed by atoms with van der Waals surface area (Å²) in [5.74, 6) is -0.533. The van der Waals surface area contributed by atoms with Crippen LogP contribution in [0.1, 0.15) is 47.8 Å². The van der Waals surface area contributed by atoms with Gasteiger partial charge in [-0.2, -0.15) is 13.2 Å². The van der Waals surface area contributed by atoms with Crippen molar-refractivity contribution in [1.29, 1.82) is 0 Å². The molecule has 0 bridgehead atoms. The number of rotatable bonds is 6. The fourth-order valence-corrected chi connectivity index (χ4v) is 2.25. The van der Waals surface area contributed by atoms with Gasteiger partial charge in [-0.05, 0) is 42.7 Å². The third kappa shape index (κ3) is 6.38. The van der Waals surface area contributed by atoms with E-state index >= 15 is 0 Å². The lowest BCUT2D eigenvalue weighted by molar-refractivity contribution is -0.137. The van der Waals surface area contributed by atoms with Gasteiger partial charge in [0.25, 0.3) is 5.91 Å². The van der Waals surface area contributed by atoms with Gasteiger partial charge in [0.05, 0.1) is 5.56 Å². The van der Waals surface area contributed by atoms with Crippen LogP contribution in [0.15, 0.2) is 42.6 Å². The van der Waals surface area contributed by atoms with Gasteiger partial charge < -0.3 is 5.32 Å². The molecule has 3 nitrogen and oxygen atoms in total. The molecule has 1 N–H and O–H groups in total. The van der Waals surface area contributed by atoms with Crippen LogP contribution in [0.2, 0.25) is 0 Å². The molecule has 1 aromatic carbocycles. The van der Waals surface area contributed by atoms with Crippen LogP contribution in [0, 0.1) is 0 Å². The van der Waals surface area contributed by atoms with E-state index in [2.05, 4.69) is 17.2 Å². The standard InChI is InChI=1S/C18H19F3N2O.ClH/c1-2-3-4-6-13-9-10-16(22-12-13)17(24)23-15-8-5-7-14(11-15)18(19,20)21;/h5,7-12H,2-4,6H2,1H3,(H,23,24);1H. The third-order valence-electron chi connectivity index (χ3n) is 3.57. The van der Waals surface area contributed by atoms with Crippen molar-refractivity contribution in [2.24, 2.45) is 0 Å². The number of halogens is 4. The second-order valence-corrected chi connectivity index (χ2v) is 5.54. The summed E-state index contributed by atoms with van der Waals surface area (Å²) in [6.45, 7) is 2.12. The average Bonchev–Trinajstić information content (AvgIpc) is 2.55. The zero-order valence-electron chi connectivity index (χ0n) is 13.8. The van der Waals surface area contributed by atoms with E-state index in [0.717, 1.165) is 43.4 Å². The van der Waals surface area contributed by atoms with Gasteiger partial charge in [-0.3, -0.25) is 9.78 Å². The number of alkyl halides is 3. The van der Waals surface area contributed by atoms with Crippen LogP contribution in [0.3, 0.4) is 0 Å². The Hall–Kier alpha value is -2.08. The highest BCUT2D eigenvalue weighted by Crippen LogP contribution is 2.30. The number of nitrogens with one attached hydrogen (secondary N) is 1. The molecule has 0 fully saturated rings. The van der Waals surface area contributed by atoms with Crippen LogP contribution < -0.4 is 5.32 Å². The molecule has 1 heterocycles. The van der Waals surface area contributed by atoms with Crippen molar-refractivity contribution in [2.75, 3.05) is 5.32 Å². The number of anilines is 1. The Kier molecular flexibility index (Phi) is 7.90. The number of nitrogens with zero attached hydrogens (tertiary/aromatic N) is 1. The maximum atomic E-state index is 12.7. The number of amides is 1. The zero-order chi connectivity index (χ0) is 17.6. The van der Waals surface area contributed by atoms with Gasteiger partial charge >= 0.3 is 6.18 Å². The molecule has 2 rings (SSSR count). The zero-order valence-corrected chi connectivity index (χ0v) is 14.6. The molecule has 1 amide bonds. The maximum Gasteiger partial charge on any atom is 0.416 e. The lowest BCUT2D eigenvalue weighted by Gasteiger charge is -2.10. The van der Waals surface area contributed by atoms with Crippen LogP contribution in [0.5, 0.6) is 0 Å². The summed E-state index contributed by atoms with van der Waals surface area (Å²) in [6, 6.07) is 7.93. The van der Waals surface area contributed by atoms with Crippen LogP contribution in [-0.2, 0) is 12.6 Å². The molecule has 0 saturated carbocycles. The largest absolute Gasteiger partial charge is 0.416 e. The molecule has 0 radical (unpaired) electrons. The summed E-state index contributed by atoms with van der Waals surface area (Å²) in [7, 11) is 0. The van der Waals surface area contributed by atoms with Crippen molar-refractivity contribution in [3.05, 3.63) is 59.4 Å². The van der Waals surface area contributed by atoms with Crippen molar-refractivity contribution in [2.45, 2.75) is 38.8 Å². The highest BCUT2D eigenvalue weighted by atomic mass is 35.5. The average molecular weight is 373 g/mol. The van der Waals surface area contributed by atoms with Gasteiger partial charge in [-0.15, -0.1) is 12.4 Å². The molecule has 0 aliphatic rings. The molecule has 136 valence electrons. The van der Waals surface area contributed by atoms with Crippen molar-refractivity contribution < 1.29 is 18.0 Å². The van der Waals surface area contributed by atoms with Gasteiger partial charge in [-0.25, -0.2) is 0 Å². The van der Waals surface area contributed by atoms with Crippen molar-refractivity contribution >= 4 is 24.0 Å². The van der Waals surface area contributed by atoms with Gasteiger partial charge in [0.2, 0.25) is 0 Å². The van der Waals surface area contributed by atoms with E-state index in [4.69, 9.17) is 0 Å². The summed E-state index contributed by atoms with van der Waals surface area (Å²) < 4.78 is 38.0. The predicted molar refractivity (Wildman–Crippen MR) is 94.1 cm³/mol. The minimum Gasteiger partial charge on any atom is -0.321 e. The Labute approximate surface area is 151 Å². The number of hydrogen-bond acceptors (Lipinski definition) is 2. The van der Waals surface area contributed by atoms with E-state index in [1.165, 1.54) is 12.1 Å². The molecule has 0 aliphatic heterocycles. The SMILES string of the molecule is CCCCCc1ccc(C(=O)Nc2cccc(C(F)(F)F)c2)nc1.Cl. The van der Waals surface area contributed by atoms with E-state index in [-0.39, 0.29) is 23.8 Å². The van der Waals surface area contributed by atoms with Crippen LogP contribution >= 0.6 is 12.4 Å². The summed E-state index contributed by atoms with van der Waals surface area (Å²) >= 11 is 0. The first-order valence-corrected chi connectivity index (χ1v) is 7.83. The Balaban J connectivity index is 0.00000312. The third-order valence-corrected chi connectivity index (χ3v) is 3.57. The van der Waals surface area contributed by atoms with E-state index in [1.54, 1.807) is 12.3 Å². The number of carbonyl (C=O) groups excluding carboxylic acids is 1. The van der Waals surface area contributed by atoms with Gasteiger partial charge in [-0.1, -0.05) is 31.9 Å². The quantitative estimate of drug-likeness (QED) is 0.679. The number of pyridine rings is 1. The smallest absolute Gasteiger partial charge is 0.321 e. The monoisotopic (exact) mass is 372 g/mol. The fourth-order valence-electron chi connectivity index (χ4n) is 2.25. The predicted octanol–water partition coefficient (Wildman–Crippen LogP) is 5.51. The Morgan fingerprint density at radius 2 is 1.92 bits per heavy atom. The lowest BCUT2D eigenvalue weighted by atomic mass is 10.1.